The van der Waals surface area contributed by atoms with Crippen LogP contribution in [0.5, 0.6) is 0 Å². The monoisotopic (exact) mass is 483 g/mol. The Kier molecular flexibility index (Phi) is 6.28. The molecule has 0 saturated heterocycles. The summed E-state index contributed by atoms with van der Waals surface area (Å²) in [5.74, 6) is -1.23. The van der Waals surface area contributed by atoms with Gasteiger partial charge in [0.25, 0.3) is 5.91 Å². The first-order valence-corrected chi connectivity index (χ1v) is 11.5. The highest BCUT2D eigenvalue weighted by Crippen LogP contribution is 2.53. The molecule has 0 aliphatic heterocycles. The van der Waals surface area contributed by atoms with Gasteiger partial charge in [0.1, 0.15) is 0 Å². The third kappa shape index (κ3) is 4.45. The van der Waals surface area contributed by atoms with E-state index in [-0.39, 0.29) is 36.1 Å². The summed E-state index contributed by atoms with van der Waals surface area (Å²) in [7, 11) is 0. The SMILES string of the molecule is Cc1cc(NC(=O)COC(=O)[C@H]2[C@H]3CC[C@@H](C3)[C@H]2C(=O)c2ccccc2)c(C)cc1Br. The first kappa shape index (κ1) is 21.8. The highest BCUT2D eigenvalue weighted by Gasteiger charge is 2.54. The van der Waals surface area contributed by atoms with Gasteiger partial charge in [-0.2, -0.15) is 0 Å². The van der Waals surface area contributed by atoms with E-state index in [2.05, 4.69) is 21.2 Å². The zero-order chi connectivity index (χ0) is 22.1. The van der Waals surface area contributed by atoms with Crippen LogP contribution in [0.25, 0.3) is 0 Å². The van der Waals surface area contributed by atoms with Crippen molar-refractivity contribution in [2.45, 2.75) is 33.1 Å². The van der Waals surface area contributed by atoms with Crippen molar-refractivity contribution in [2.75, 3.05) is 11.9 Å². The summed E-state index contributed by atoms with van der Waals surface area (Å²) in [6.45, 7) is 3.49. The predicted molar refractivity (Wildman–Crippen MR) is 122 cm³/mol. The number of rotatable bonds is 6. The van der Waals surface area contributed by atoms with Gasteiger partial charge in [0.2, 0.25) is 0 Å². The summed E-state index contributed by atoms with van der Waals surface area (Å²) in [5.41, 5.74) is 3.25. The van der Waals surface area contributed by atoms with Crippen molar-refractivity contribution >= 4 is 39.3 Å². The Morgan fingerprint density at radius 3 is 2.39 bits per heavy atom. The van der Waals surface area contributed by atoms with Crippen molar-refractivity contribution in [3.63, 3.8) is 0 Å². The second kappa shape index (κ2) is 8.95. The van der Waals surface area contributed by atoms with E-state index < -0.39 is 11.9 Å². The number of carbonyl (C=O) groups is 3. The lowest BCUT2D eigenvalue weighted by molar-refractivity contribution is -0.154. The van der Waals surface area contributed by atoms with E-state index in [4.69, 9.17) is 4.74 Å². The fourth-order valence-corrected chi connectivity index (χ4v) is 5.60. The molecular weight excluding hydrogens is 458 g/mol. The number of carbonyl (C=O) groups excluding carboxylic acids is 3. The number of nitrogens with one attached hydrogen (secondary N) is 1. The molecule has 1 N–H and O–H groups in total. The van der Waals surface area contributed by atoms with E-state index in [1.54, 1.807) is 12.1 Å². The Bertz CT molecular complexity index is 1020. The molecule has 0 unspecified atom stereocenters. The number of Topliss-reactive ketones (excluding diaryl/α,β-unsaturated/α-hetero) is 1. The molecule has 0 aromatic heterocycles. The molecule has 2 fully saturated rings. The lowest BCUT2D eigenvalue weighted by Crippen LogP contribution is -2.37. The third-order valence-electron chi connectivity index (χ3n) is 6.67. The smallest absolute Gasteiger partial charge is 0.310 e. The van der Waals surface area contributed by atoms with Crippen LogP contribution in [0.15, 0.2) is 46.9 Å². The molecule has 6 heteroatoms. The van der Waals surface area contributed by atoms with Crippen LogP contribution in [0, 0.1) is 37.5 Å². The summed E-state index contributed by atoms with van der Waals surface area (Å²) in [6, 6.07) is 13.0. The highest BCUT2D eigenvalue weighted by molar-refractivity contribution is 9.10. The highest BCUT2D eigenvalue weighted by atomic mass is 79.9. The van der Waals surface area contributed by atoms with Crippen molar-refractivity contribution in [3.05, 3.63) is 63.6 Å². The van der Waals surface area contributed by atoms with Crippen molar-refractivity contribution in [2.24, 2.45) is 23.7 Å². The van der Waals surface area contributed by atoms with Gasteiger partial charge >= 0.3 is 5.97 Å². The van der Waals surface area contributed by atoms with Crippen LogP contribution >= 0.6 is 15.9 Å². The molecule has 2 aliphatic rings. The lowest BCUT2D eigenvalue weighted by atomic mass is 9.75. The summed E-state index contributed by atoms with van der Waals surface area (Å²) in [4.78, 5) is 38.5. The quantitative estimate of drug-likeness (QED) is 0.458. The van der Waals surface area contributed by atoms with Gasteiger partial charge in [0, 0.05) is 21.6 Å². The fourth-order valence-electron chi connectivity index (χ4n) is 5.14. The molecule has 2 aromatic rings. The largest absolute Gasteiger partial charge is 0.455 e. The average Bonchev–Trinajstić information content (AvgIpc) is 3.38. The average molecular weight is 484 g/mol. The normalized spacial score (nSPS) is 24.1. The van der Waals surface area contributed by atoms with Gasteiger partial charge in [-0.1, -0.05) is 46.3 Å². The van der Waals surface area contributed by atoms with Gasteiger partial charge in [-0.25, -0.2) is 0 Å². The summed E-state index contributed by atoms with van der Waals surface area (Å²) < 4.78 is 6.38. The fraction of sp³-hybridized carbons (Fsp3) is 0.400. The Labute approximate surface area is 190 Å². The van der Waals surface area contributed by atoms with Crippen LogP contribution < -0.4 is 5.32 Å². The topological polar surface area (TPSA) is 72.5 Å². The third-order valence-corrected chi connectivity index (χ3v) is 7.53. The first-order chi connectivity index (χ1) is 14.8. The minimum Gasteiger partial charge on any atom is -0.455 e. The molecule has 5 nitrogen and oxygen atoms in total. The van der Waals surface area contributed by atoms with Crippen LogP contribution in [-0.2, 0) is 14.3 Å². The summed E-state index contributed by atoms with van der Waals surface area (Å²) >= 11 is 3.47. The van der Waals surface area contributed by atoms with E-state index in [1.165, 1.54) is 0 Å². The molecule has 0 heterocycles. The molecule has 4 rings (SSSR count). The van der Waals surface area contributed by atoms with Crippen LogP contribution in [-0.4, -0.2) is 24.3 Å². The number of ketones is 1. The van der Waals surface area contributed by atoms with E-state index in [0.717, 1.165) is 34.9 Å². The molecule has 0 spiro atoms. The van der Waals surface area contributed by atoms with Crippen LogP contribution in [0.3, 0.4) is 0 Å². The second-order valence-electron chi connectivity index (χ2n) is 8.69. The Morgan fingerprint density at radius 1 is 1.00 bits per heavy atom. The number of halogens is 1. The molecule has 2 aromatic carbocycles. The molecule has 2 bridgehead atoms. The van der Waals surface area contributed by atoms with Crippen LogP contribution in [0.2, 0.25) is 0 Å². The lowest BCUT2D eigenvalue weighted by Gasteiger charge is -2.28. The van der Waals surface area contributed by atoms with Gasteiger partial charge in [0.05, 0.1) is 5.92 Å². The Morgan fingerprint density at radius 2 is 1.68 bits per heavy atom. The maximum atomic E-state index is 13.1. The van der Waals surface area contributed by atoms with Crippen molar-refractivity contribution in [3.8, 4) is 0 Å². The van der Waals surface area contributed by atoms with Gasteiger partial charge < -0.3 is 10.1 Å². The number of amides is 1. The Hall–Kier alpha value is -2.47. The molecule has 0 radical (unpaired) electrons. The number of hydrogen-bond acceptors (Lipinski definition) is 4. The maximum Gasteiger partial charge on any atom is 0.310 e. The van der Waals surface area contributed by atoms with Gasteiger partial charge in [-0.05, 0) is 68.2 Å². The van der Waals surface area contributed by atoms with Crippen molar-refractivity contribution < 1.29 is 19.1 Å². The molecule has 2 saturated carbocycles. The number of esters is 1. The Balaban J connectivity index is 1.41. The molecular formula is C25H26BrNO4. The van der Waals surface area contributed by atoms with Crippen molar-refractivity contribution in [1.29, 1.82) is 0 Å². The molecule has 162 valence electrons. The molecule has 1 amide bonds. The maximum absolute atomic E-state index is 13.1. The number of ether oxygens (including phenoxy) is 1. The minimum absolute atomic E-state index is 0.0140. The zero-order valence-corrected chi connectivity index (χ0v) is 19.3. The molecule has 2 aliphatic carbocycles. The van der Waals surface area contributed by atoms with Gasteiger partial charge in [-0.3, -0.25) is 14.4 Å². The van der Waals surface area contributed by atoms with E-state index in [9.17, 15) is 14.4 Å². The van der Waals surface area contributed by atoms with Crippen LogP contribution in [0.4, 0.5) is 5.69 Å². The summed E-state index contributed by atoms with van der Waals surface area (Å²) in [6.07, 6.45) is 2.79. The van der Waals surface area contributed by atoms with E-state index >= 15 is 0 Å². The number of anilines is 1. The first-order valence-electron chi connectivity index (χ1n) is 10.7. The van der Waals surface area contributed by atoms with Crippen LogP contribution in [0.1, 0.15) is 40.7 Å². The standard InChI is InChI=1S/C25H26BrNO4/c1-14-11-20(15(2)10-19(14)26)27-21(28)13-31-25(30)23-18-9-8-17(12-18)22(23)24(29)16-6-4-3-5-7-16/h3-7,10-11,17-18,22-23H,8-9,12-13H2,1-2H3,(H,27,28)/t17-,18-,22+,23-/m0/s1. The number of benzene rings is 2. The number of hydrogen-bond donors (Lipinski definition) is 1. The zero-order valence-electron chi connectivity index (χ0n) is 17.7. The minimum atomic E-state index is -0.462. The second-order valence-corrected chi connectivity index (χ2v) is 9.54. The van der Waals surface area contributed by atoms with Crippen molar-refractivity contribution in [1.82, 2.24) is 0 Å². The number of aryl methyl sites for hydroxylation is 2. The van der Waals surface area contributed by atoms with Gasteiger partial charge in [0.15, 0.2) is 12.4 Å². The predicted octanol–water partition coefficient (Wildman–Crippen LogP) is 5.09. The van der Waals surface area contributed by atoms with E-state index in [0.29, 0.717) is 11.3 Å². The molecule has 31 heavy (non-hydrogen) atoms. The van der Waals surface area contributed by atoms with Gasteiger partial charge in [-0.15, -0.1) is 0 Å². The van der Waals surface area contributed by atoms with E-state index in [1.807, 2.05) is 44.2 Å². The number of fused-ring (bicyclic) bond motifs is 2. The molecule has 4 atom stereocenters. The summed E-state index contributed by atoms with van der Waals surface area (Å²) in [5, 5.41) is 2.81.